The van der Waals surface area contributed by atoms with E-state index >= 15 is 0 Å². The molecule has 0 aliphatic rings. The molecule has 1 atom stereocenters. The van der Waals surface area contributed by atoms with Gasteiger partial charge in [0.2, 0.25) is 0 Å². The molecule has 2 aromatic carbocycles. The van der Waals surface area contributed by atoms with Crippen molar-refractivity contribution in [2.45, 2.75) is 6.61 Å². The maximum Gasteiger partial charge on any atom is 1.00 e. The number of anilines is 1. The van der Waals surface area contributed by atoms with Gasteiger partial charge >= 0.3 is 36.2 Å². The minimum atomic E-state index is -3.23. The molecule has 172 valence electrons. The number of carbonyl (C=O) groups is 1. The number of hydrogen-bond donors (Lipinski definition) is 2. The number of benzene rings is 2. The summed E-state index contributed by atoms with van der Waals surface area (Å²) in [5.74, 6) is -0.950. The summed E-state index contributed by atoms with van der Waals surface area (Å²) in [5, 5.41) is 3.23. The zero-order chi connectivity index (χ0) is 23.9. The van der Waals surface area contributed by atoms with Crippen LogP contribution in [0.2, 0.25) is 10.0 Å². The van der Waals surface area contributed by atoms with Gasteiger partial charge in [0.05, 0.1) is 21.3 Å². The number of fused-ring (bicyclic) bond motifs is 3. The standard InChI is InChI=1S/C20H14Cl2F2N4O4S.Na/c1-33(25,30)28-9-2-4-14-11(6-9)16-10(3-5-15(18(16)31-14)32-20(23)24)19(29)27-17-12(21)7-26-8-13(17)22;/h2-8,20H,1H3,(H3,25,26,27,28,29,30);/q;+1/p-1. The molecule has 0 saturated heterocycles. The van der Waals surface area contributed by atoms with Crippen molar-refractivity contribution in [3.8, 4) is 5.75 Å². The van der Waals surface area contributed by atoms with E-state index in [0.29, 0.717) is 5.39 Å². The molecule has 34 heavy (non-hydrogen) atoms. The van der Waals surface area contributed by atoms with Crippen LogP contribution < -0.4 is 39.6 Å². The molecule has 2 N–H and O–H groups in total. The van der Waals surface area contributed by atoms with Crippen molar-refractivity contribution in [1.29, 1.82) is 4.78 Å². The van der Waals surface area contributed by atoms with Gasteiger partial charge in [0.15, 0.2) is 11.3 Å². The quantitative estimate of drug-likeness (QED) is 0.364. The van der Waals surface area contributed by atoms with E-state index in [2.05, 4.69) is 19.8 Å². The van der Waals surface area contributed by atoms with Gasteiger partial charge in [0.1, 0.15) is 5.58 Å². The van der Waals surface area contributed by atoms with Crippen LogP contribution in [0, 0.1) is 4.78 Å². The Bertz CT molecular complexity index is 1500. The molecule has 0 saturated carbocycles. The molecule has 0 bridgehead atoms. The van der Waals surface area contributed by atoms with E-state index in [-0.39, 0.29) is 78.8 Å². The van der Waals surface area contributed by atoms with E-state index in [4.69, 9.17) is 32.4 Å². The van der Waals surface area contributed by atoms with E-state index in [1.54, 1.807) is 0 Å². The molecule has 0 fully saturated rings. The molecule has 0 radical (unpaired) electrons. The van der Waals surface area contributed by atoms with E-state index in [9.17, 15) is 17.8 Å². The average Bonchev–Trinajstić information content (AvgIpc) is 3.09. The van der Waals surface area contributed by atoms with Gasteiger partial charge in [-0.1, -0.05) is 35.3 Å². The van der Waals surface area contributed by atoms with Gasteiger partial charge in [-0.25, -0.2) is 0 Å². The van der Waals surface area contributed by atoms with Crippen LogP contribution >= 0.6 is 23.2 Å². The Morgan fingerprint density at radius 1 is 1.24 bits per heavy atom. The number of hydrogen-bond acceptors (Lipinski definition) is 6. The summed E-state index contributed by atoms with van der Waals surface area (Å²) >= 11 is 12.2. The minimum absolute atomic E-state index is 0. The van der Waals surface area contributed by atoms with Crippen LogP contribution in [-0.2, 0) is 9.92 Å². The summed E-state index contributed by atoms with van der Waals surface area (Å²) in [5.41, 5.74) is 0.456. The fourth-order valence-electron chi connectivity index (χ4n) is 3.19. The molecular weight excluding hydrogens is 524 g/mol. The van der Waals surface area contributed by atoms with Crippen LogP contribution in [0.1, 0.15) is 10.4 Å². The van der Waals surface area contributed by atoms with Crippen LogP contribution in [-0.4, -0.2) is 28.0 Å². The second-order valence-electron chi connectivity index (χ2n) is 6.80. The number of carbonyl (C=O) groups excluding carboxylic acids is 1. The second kappa shape index (κ2) is 10.2. The zero-order valence-electron chi connectivity index (χ0n) is 17.6. The van der Waals surface area contributed by atoms with Crippen LogP contribution in [0.4, 0.5) is 20.2 Å². The van der Waals surface area contributed by atoms with Crippen molar-refractivity contribution in [1.82, 2.24) is 4.98 Å². The maximum absolute atomic E-state index is 13.1. The van der Waals surface area contributed by atoms with E-state index in [1.165, 1.54) is 42.7 Å². The first-order chi connectivity index (χ1) is 15.5. The predicted octanol–water partition coefficient (Wildman–Crippen LogP) is 3.74. The van der Waals surface area contributed by atoms with E-state index in [0.717, 1.165) is 6.26 Å². The number of ether oxygens (including phenoxy) is 1. The Morgan fingerprint density at radius 2 is 1.91 bits per heavy atom. The number of rotatable bonds is 6. The van der Waals surface area contributed by atoms with Gasteiger partial charge in [-0.3, -0.25) is 18.8 Å². The fourth-order valence-corrected chi connectivity index (χ4v) is 4.17. The monoisotopic (exact) mass is 536 g/mol. The number of halogens is 4. The summed E-state index contributed by atoms with van der Waals surface area (Å²) in [7, 11) is -3.23. The van der Waals surface area contributed by atoms with Crippen molar-refractivity contribution in [3.63, 3.8) is 0 Å². The van der Waals surface area contributed by atoms with Gasteiger partial charge in [0.25, 0.3) is 5.91 Å². The number of alkyl halides is 2. The molecule has 4 aromatic rings. The largest absolute Gasteiger partial charge is 1.00 e. The first-order valence-corrected chi connectivity index (χ1v) is 11.7. The van der Waals surface area contributed by atoms with Crippen LogP contribution in [0.3, 0.4) is 0 Å². The predicted molar refractivity (Wildman–Crippen MR) is 122 cm³/mol. The van der Waals surface area contributed by atoms with Gasteiger partial charge in [-0.05, 0) is 28.1 Å². The Hall–Kier alpha value is -2.15. The SMILES string of the molecule is CS(=N)(=O)[N-]c1ccc2oc3c(OC(F)F)ccc(C(=O)Nc4c(Cl)cncc4Cl)c3c2c1.[Na+]. The van der Waals surface area contributed by atoms with E-state index in [1.807, 2.05) is 0 Å². The third-order valence-corrected chi connectivity index (χ3v) is 5.53. The van der Waals surface area contributed by atoms with Crippen molar-refractivity contribution >= 4 is 72.3 Å². The molecule has 0 aliphatic carbocycles. The van der Waals surface area contributed by atoms with Gasteiger partial charge in [-0.2, -0.15) is 8.78 Å². The summed E-state index contributed by atoms with van der Waals surface area (Å²) in [6.45, 7) is -3.13. The summed E-state index contributed by atoms with van der Waals surface area (Å²) < 4.78 is 59.3. The number of pyridine rings is 1. The first kappa shape index (κ1) is 26.5. The van der Waals surface area contributed by atoms with Crippen LogP contribution in [0.5, 0.6) is 5.75 Å². The number of furan rings is 1. The number of aromatic nitrogens is 1. The molecule has 1 amide bonds. The maximum atomic E-state index is 13.1. The van der Waals surface area contributed by atoms with Crippen molar-refractivity contribution in [3.05, 3.63) is 63.1 Å². The normalized spacial score (nSPS) is 12.9. The average molecular weight is 537 g/mol. The summed E-state index contributed by atoms with van der Waals surface area (Å²) in [4.78, 5) is 17.0. The molecule has 2 aromatic heterocycles. The third-order valence-electron chi connectivity index (χ3n) is 4.40. The zero-order valence-corrected chi connectivity index (χ0v) is 21.9. The van der Waals surface area contributed by atoms with E-state index < -0.39 is 22.4 Å². The van der Waals surface area contributed by atoms with Gasteiger partial charge in [0, 0.05) is 29.4 Å². The van der Waals surface area contributed by atoms with Crippen molar-refractivity contribution in [2.24, 2.45) is 0 Å². The third kappa shape index (κ3) is 5.56. The molecule has 2 heterocycles. The van der Waals surface area contributed by atoms with Crippen molar-refractivity contribution in [2.75, 3.05) is 11.6 Å². The Labute approximate surface area is 224 Å². The Morgan fingerprint density at radius 3 is 2.53 bits per heavy atom. The Kier molecular flexibility index (Phi) is 7.96. The van der Waals surface area contributed by atoms with Crippen LogP contribution in [0.25, 0.3) is 26.7 Å². The van der Waals surface area contributed by atoms with Gasteiger partial charge < -0.3 is 19.2 Å². The molecular formula is C20H13Cl2F2N4NaO4S. The number of amides is 1. The molecule has 1 unspecified atom stereocenters. The van der Waals surface area contributed by atoms with Crippen molar-refractivity contribution < 1.29 is 56.5 Å². The molecule has 14 heteroatoms. The van der Waals surface area contributed by atoms with Gasteiger partial charge in [-0.15, -0.1) is 5.69 Å². The molecule has 0 aliphatic heterocycles. The Balaban J connectivity index is 0.00000324. The first-order valence-electron chi connectivity index (χ1n) is 9.04. The number of nitrogens with zero attached hydrogens (tertiary/aromatic N) is 2. The summed E-state index contributed by atoms with van der Waals surface area (Å²) in [6, 6.07) is 6.81. The van der Waals surface area contributed by atoms with Crippen LogP contribution in [0.15, 0.2) is 47.1 Å². The molecule has 0 spiro atoms. The smallest absolute Gasteiger partial charge is 0.594 e. The minimum Gasteiger partial charge on any atom is -0.594 e. The fraction of sp³-hybridized carbons (Fsp3) is 0.100. The topological polar surface area (TPSA) is 119 Å². The molecule has 4 rings (SSSR count). The summed E-state index contributed by atoms with van der Waals surface area (Å²) in [6.07, 6.45) is 3.73. The second-order valence-corrected chi connectivity index (χ2v) is 9.40. The molecule has 8 nitrogen and oxygen atoms in total. The number of nitrogens with one attached hydrogen (secondary N) is 2.